The van der Waals surface area contributed by atoms with Crippen LogP contribution < -0.4 is 4.90 Å². The number of para-hydroxylation sites is 3. The molecule has 1 aromatic heterocycles. The molecule has 0 saturated carbocycles. The van der Waals surface area contributed by atoms with Crippen molar-refractivity contribution in [2.75, 3.05) is 4.90 Å². The average Bonchev–Trinajstić information content (AvgIpc) is 3.62. The van der Waals surface area contributed by atoms with Gasteiger partial charge in [-0.15, -0.1) is 0 Å². The molecule has 10 aromatic carbocycles. The zero-order valence-corrected chi connectivity index (χ0v) is 33.6. The third-order valence-electron chi connectivity index (χ3n) is 12.9. The average molecular weight is 780 g/mol. The largest absolute Gasteiger partial charge is 0.456 e. The molecule has 61 heavy (non-hydrogen) atoms. The van der Waals surface area contributed by atoms with Crippen molar-refractivity contribution in [1.29, 1.82) is 0 Å². The molecule has 12 rings (SSSR count). The van der Waals surface area contributed by atoms with Gasteiger partial charge in [-0.2, -0.15) is 0 Å². The zero-order chi connectivity index (χ0) is 40.3. The van der Waals surface area contributed by atoms with Crippen molar-refractivity contribution < 1.29 is 4.42 Å². The van der Waals surface area contributed by atoms with E-state index in [0.29, 0.717) is 0 Å². The minimum atomic E-state index is 0.231. The minimum Gasteiger partial charge on any atom is -0.456 e. The van der Waals surface area contributed by atoms with Crippen LogP contribution >= 0.6 is 0 Å². The number of fused-ring (bicyclic) bond motifs is 9. The van der Waals surface area contributed by atoms with E-state index in [0.717, 1.165) is 46.5 Å². The van der Waals surface area contributed by atoms with Crippen LogP contribution in [-0.2, 0) is 6.42 Å². The molecule has 288 valence electrons. The number of nitrogens with zero attached hydrogens (tertiary/aromatic N) is 1. The maximum atomic E-state index is 6.80. The quantitative estimate of drug-likeness (QED) is 0.156. The van der Waals surface area contributed by atoms with Crippen LogP contribution in [0.1, 0.15) is 29.0 Å². The molecule has 1 aliphatic carbocycles. The molecule has 0 N–H and O–H groups in total. The van der Waals surface area contributed by atoms with Crippen LogP contribution in [-0.4, -0.2) is 0 Å². The highest BCUT2D eigenvalue weighted by molar-refractivity contribution is 6.23. The lowest BCUT2D eigenvalue weighted by molar-refractivity contribution is 0.667. The van der Waals surface area contributed by atoms with Gasteiger partial charge in [-0.25, -0.2) is 0 Å². The van der Waals surface area contributed by atoms with Crippen molar-refractivity contribution >= 4 is 60.5 Å². The first-order chi connectivity index (χ1) is 30.3. The molecular weight excluding hydrogens is 739 g/mol. The molecule has 0 amide bonds. The fourth-order valence-electron chi connectivity index (χ4n) is 10.1. The normalized spacial score (nSPS) is 13.6. The monoisotopic (exact) mass is 779 g/mol. The fraction of sp³-hybridized carbons (Fsp3) is 0.0508. The number of furan rings is 1. The second-order valence-corrected chi connectivity index (χ2v) is 16.3. The molecule has 0 spiro atoms. The van der Waals surface area contributed by atoms with E-state index >= 15 is 0 Å². The first kappa shape index (κ1) is 35.3. The highest BCUT2D eigenvalue weighted by Gasteiger charge is 2.30. The predicted molar refractivity (Wildman–Crippen MR) is 256 cm³/mol. The van der Waals surface area contributed by atoms with E-state index in [9.17, 15) is 0 Å². The van der Waals surface area contributed by atoms with Gasteiger partial charge in [0, 0.05) is 39.3 Å². The molecule has 0 bridgehead atoms. The van der Waals surface area contributed by atoms with Crippen molar-refractivity contribution in [1.82, 2.24) is 0 Å². The third kappa shape index (κ3) is 5.94. The molecule has 1 atom stereocenters. The Morgan fingerprint density at radius 1 is 0.410 bits per heavy atom. The summed E-state index contributed by atoms with van der Waals surface area (Å²) in [6, 6.07) is 79.8. The summed E-state index contributed by atoms with van der Waals surface area (Å²) in [5.74, 6) is 0.231. The van der Waals surface area contributed by atoms with Gasteiger partial charge in [-0.05, 0) is 140 Å². The fourth-order valence-corrected chi connectivity index (χ4v) is 10.1. The van der Waals surface area contributed by atoms with Crippen molar-refractivity contribution in [2.24, 2.45) is 0 Å². The van der Waals surface area contributed by atoms with Gasteiger partial charge in [0.2, 0.25) is 0 Å². The van der Waals surface area contributed by atoms with Crippen LogP contribution in [0.2, 0.25) is 0 Å². The Labute approximate surface area is 355 Å². The molecule has 1 aliphatic rings. The van der Waals surface area contributed by atoms with Crippen LogP contribution in [0.4, 0.5) is 17.1 Å². The van der Waals surface area contributed by atoms with Gasteiger partial charge in [0.05, 0.1) is 0 Å². The first-order valence-electron chi connectivity index (χ1n) is 21.3. The summed E-state index contributed by atoms with van der Waals surface area (Å²) in [5, 5.41) is 7.34. The molecule has 0 saturated heterocycles. The number of rotatable bonds is 6. The Bertz CT molecular complexity index is 3360. The van der Waals surface area contributed by atoms with Gasteiger partial charge in [0.1, 0.15) is 11.2 Å². The highest BCUT2D eigenvalue weighted by atomic mass is 16.3. The van der Waals surface area contributed by atoms with E-state index in [1.807, 2.05) is 0 Å². The molecule has 1 heterocycles. The van der Waals surface area contributed by atoms with E-state index in [1.165, 1.54) is 77.0 Å². The summed E-state index contributed by atoms with van der Waals surface area (Å²) < 4.78 is 6.80. The van der Waals surface area contributed by atoms with Gasteiger partial charge in [-0.1, -0.05) is 158 Å². The molecule has 0 aliphatic heterocycles. The number of aryl methyl sites for hydroxylation is 1. The van der Waals surface area contributed by atoms with E-state index in [2.05, 4.69) is 223 Å². The van der Waals surface area contributed by atoms with E-state index < -0.39 is 0 Å². The molecule has 2 nitrogen and oxygen atoms in total. The molecular formula is C59H41NO. The maximum absolute atomic E-state index is 6.80. The lowest BCUT2D eigenvalue weighted by atomic mass is 9.81. The highest BCUT2D eigenvalue weighted by Crippen LogP contribution is 2.52. The van der Waals surface area contributed by atoms with Crippen molar-refractivity contribution in [3.05, 3.63) is 235 Å². The summed E-state index contributed by atoms with van der Waals surface area (Å²) >= 11 is 0. The van der Waals surface area contributed by atoms with Crippen LogP contribution in [0.3, 0.4) is 0 Å². The number of benzene rings is 10. The Morgan fingerprint density at radius 3 is 1.74 bits per heavy atom. The van der Waals surface area contributed by atoms with Gasteiger partial charge < -0.3 is 9.32 Å². The Kier molecular flexibility index (Phi) is 8.41. The van der Waals surface area contributed by atoms with Crippen molar-refractivity contribution in [3.8, 4) is 33.4 Å². The van der Waals surface area contributed by atoms with E-state index in [1.54, 1.807) is 0 Å². The summed E-state index contributed by atoms with van der Waals surface area (Å²) in [6.45, 7) is 0. The number of hydrogen-bond acceptors (Lipinski definition) is 2. The first-order valence-corrected chi connectivity index (χ1v) is 21.3. The Hall–Kier alpha value is -7.68. The van der Waals surface area contributed by atoms with Crippen LogP contribution in [0.5, 0.6) is 0 Å². The lowest BCUT2D eigenvalue weighted by Crippen LogP contribution is -2.09. The van der Waals surface area contributed by atoms with Crippen LogP contribution in [0.25, 0.3) is 76.9 Å². The third-order valence-corrected chi connectivity index (χ3v) is 12.9. The number of anilines is 3. The number of hydrogen-bond donors (Lipinski definition) is 0. The second kappa shape index (κ2) is 14.5. The van der Waals surface area contributed by atoms with Crippen molar-refractivity contribution in [2.45, 2.75) is 18.8 Å². The molecule has 11 aromatic rings. The van der Waals surface area contributed by atoms with E-state index in [4.69, 9.17) is 4.42 Å². The Morgan fingerprint density at radius 2 is 1.00 bits per heavy atom. The van der Waals surface area contributed by atoms with Gasteiger partial charge in [0.25, 0.3) is 0 Å². The Balaban J connectivity index is 1.12. The lowest BCUT2D eigenvalue weighted by Gasteiger charge is -2.25. The van der Waals surface area contributed by atoms with Gasteiger partial charge >= 0.3 is 0 Å². The maximum Gasteiger partial charge on any atom is 0.136 e. The van der Waals surface area contributed by atoms with Gasteiger partial charge in [0.15, 0.2) is 0 Å². The summed E-state index contributed by atoms with van der Waals surface area (Å²) in [7, 11) is 0. The smallest absolute Gasteiger partial charge is 0.136 e. The van der Waals surface area contributed by atoms with Gasteiger partial charge in [-0.3, -0.25) is 0 Å². The topological polar surface area (TPSA) is 16.4 Å². The summed E-state index contributed by atoms with van der Waals surface area (Å²) in [5.41, 5.74) is 16.7. The minimum absolute atomic E-state index is 0.231. The molecule has 2 heteroatoms. The molecule has 0 fully saturated rings. The van der Waals surface area contributed by atoms with Crippen LogP contribution in [0, 0.1) is 0 Å². The zero-order valence-electron chi connectivity index (χ0n) is 33.6. The summed E-state index contributed by atoms with van der Waals surface area (Å²) in [4.78, 5) is 2.32. The predicted octanol–water partition coefficient (Wildman–Crippen LogP) is 16.4. The van der Waals surface area contributed by atoms with Crippen molar-refractivity contribution in [3.63, 3.8) is 0 Å². The second-order valence-electron chi connectivity index (χ2n) is 16.3. The molecule has 0 unspecified atom stereocenters. The molecule has 0 radical (unpaired) electrons. The SMILES string of the molecule is c1ccc([C@@H]2CCc3cc4oc5ccccc5c4c(-c4cc5ccccc5c5ccccc45)c3-c3cc(-c4ccc(N(c5ccccc5)c5ccccc5)cc4)ccc32)cc1. The van der Waals surface area contributed by atoms with Crippen LogP contribution in [0.15, 0.2) is 223 Å². The van der Waals surface area contributed by atoms with E-state index in [-0.39, 0.29) is 5.92 Å². The standard InChI is InChI=1S/C59H41NO/c1-4-16-40(17-5-1)48-34-31-43-38-56-58(52-26-14-15-27-55(52)61-56)59(54-37-42-18-10-11-23-47(42)49-24-12-13-25-50(49)54)57(43)53-36-41(30-35-51(48)53)39-28-32-46(33-29-39)60(44-19-6-2-7-20-44)45-21-8-3-9-22-45/h1-30,32-33,35-38,48H,31,34H2/t48-/m0/s1. The summed E-state index contributed by atoms with van der Waals surface area (Å²) in [6.07, 6.45) is 1.92.